The van der Waals surface area contributed by atoms with E-state index < -0.39 is 10.8 Å². The molecule has 1 nitrogen and oxygen atoms in total. The van der Waals surface area contributed by atoms with Crippen molar-refractivity contribution in [3.63, 3.8) is 0 Å². The van der Waals surface area contributed by atoms with E-state index in [1.165, 1.54) is 121 Å². The van der Waals surface area contributed by atoms with Crippen molar-refractivity contribution >= 4 is 49.4 Å². The number of nitrogens with zero attached hydrogens (tertiary/aromatic N) is 1. The lowest BCUT2D eigenvalue weighted by Crippen LogP contribution is -2.28. The number of hydrogen-bond donors (Lipinski definition) is 0. The minimum Gasteiger partial charge on any atom is -0.310 e. The fourth-order valence-electron chi connectivity index (χ4n) is 14.2. The highest BCUT2D eigenvalue weighted by atomic mass is 15.1. The van der Waals surface area contributed by atoms with Gasteiger partial charge in [-0.05, 0) is 158 Å². The van der Waals surface area contributed by atoms with Gasteiger partial charge >= 0.3 is 0 Å². The molecule has 13 aromatic rings. The average Bonchev–Trinajstić information content (AvgIpc) is 4.13. The number of benzene rings is 13. The molecule has 13 aromatic carbocycles. The molecule has 1 heteroatoms. The van der Waals surface area contributed by atoms with E-state index in [1.54, 1.807) is 0 Å². The monoisotopic (exact) mass is 949 g/mol. The maximum atomic E-state index is 2.49. The summed E-state index contributed by atoms with van der Waals surface area (Å²) in [7, 11) is 0. The number of anilines is 3. The molecule has 1 spiro atoms. The molecule has 0 fully saturated rings. The van der Waals surface area contributed by atoms with Crippen molar-refractivity contribution in [1.29, 1.82) is 0 Å². The predicted molar refractivity (Wildman–Crippen MR) is 313 cm³/mol. The van der Waals surface area contributed by atoms with Crippen LogP contribution in [-0.4, -0.2) is 0 Å². The predicted octanol–water partition coefficient (Wildman–Crippen LogP) is 19.0. The Morgan fingerprint density at radius 3 is 1.13 bits per heavy atom. The molecule has 3 aliphatic rings. The molecule has 0 radical (unpaired) electrons. The van der Waals surface area contributed by atoms with Gasteiger partial charge in [-0.25, -0.2) is 0 Å². The SMILES string of the molecule is c1ccc(C2(c3ccccc3)c3ccccc3-c3ccc(N(c4ccc(-c5cccc6c5C5(c7ccccc7-c7ccccc75)c5ccccc5-6)cc4)c4ccc5c6ccccc6c6ccccc6c5c4)cc32)cc1. The summed E-state index contributed by atoms with van der Waals surface area (Å²) < 4.78 is 0. The first kappa shape index (κ1) is 42.0. The molecule has 0 saturated heterocycles. The fraction of sp³-hybridized carbons (Fsp3) is 0.0270. The molecule has 0 aromatic heterocycles. The summed E-state index contributed by atoms with van der Waals surface area (Å²) in [5.41, 5.74) is 23.0. The smallest absolute Gasteiger partial charge is 0.0731 e. The van der Waals surface area contributed by atoms with Gasteiger partial charge in [0.25, 0.3) is 0 Å². The zero-order valence-electron chi connectivity index (χ0n) is 41.1. The van der Waals surface area contributed by atoms with E-state index in [0.29, 0.717) is 0 Å². The molecule has 16 rings (SSSR count). The molecule has 348 valence electrons. The Labute approximate surface area is 436 Å². The topological polar surface area (TPSA) is 3.24 Å². The summed E-state index contributed by atoms with van der Waals surface area (Å²) in [5, 5.41) is 7.55. The van der Waals surface area contributed by atoms with Crippen LogP contribution in [0.1, 0.15) is 44.5 Å². The first-order valence-corrected chi connectivity index (χ1v) is 26.2. The summed E-state index contributed by atoms with van der Waals surface area (Å²) in [4.78, 5) is 2.49. The third kappa shape index (κ3) is 5.67. The Morgan fingerprint density at radius 1 is 0.213 bits per heavy atom. The van der Waals surface area contributed by atoms with E-state index in [-0.39, 0.29) is 0 Å². The van der Waals surface area contributed by atoms with Crippen molar-refractivity contribution in [2.45, 2.75) is 10.8 Å². The largest absolute Gasteiger partial charge is 0.310 e. The van der Waals surface area contributed by atoms with Crippen LogP contribution in [0.2, 0.25) is 0 Å². The molecule has 0 bridgehead atoms. The van der Waals surface area contributed by atoms with Crippen molar-refractivity contribution in [3.8, 4) is 44.5 Å². The first-order chi connectivity index (χ1) is 37.2. The van der Waals surface area contributed by atoms with Crippen LogP contribution in [0.4, 0.5) is 17.1 Å². The van der Waals surface area contributed by atoms with Crippen LogP contribution in [0, 0.1) is 0 Å². The Hall–Kier alpha value is -9.56. The van der Waals surface area contributed by atoms with E-state index in [9.17, 15) is 0 Å². The van der Waals surface area contributed by atoms with Gasteiger partial charge in [0.1, 0.15) is 0 Å². The summed E-state index contributed by atoms with van der Waals surface area (Å²) in [6.45, 7) is 0. The number of fused-ring (bicyclic) bond motifs is 19. The van der Waals surface area contributed by atoms with Crippen LogP contribution in [0.5, 0.6) is 0 Å². The third-order valence-corrected chi connectivity index (χ3v) is 17.1. The molecule has 0 N–H and O–H groups in total. The van der Waals surface area contributed by atoms with Gasteiger partial charge in [-0.15, -0.1) is 0 Å². The minimum atomic E-state index is -0.544. The van der Waals surface area contributed by atoms with E-state index in [4.69, 9.17) is 0 Å². The number of hydrogen-bond acceptors (Lipinski definition) is 1. The van der Waals surface area contributed by atoms with Crippen molar-refractivity contribution in [2.75, 3.05) is 4.90 Å². The van der Waals surface area contributed by atoms with Crippen molar-refractivity contribution in [3.05, 3.63) is 330 Å². The Bertz CT molecular complexity index is 4330. The van der Waals surface area contributed by atoms with Crippen LogP contribution >= 0.6 is 0 Å². The normalized spacial score (nSPS) is 13.8. The molecule has 0 heterocycles. The van der Waals surface area contributed by atoms with Crippen LogP contribution in [0.25, 0.3) is 76.8 Å². The standard InChI is InChI=1S/C74H47N/c1-3-20-49(21-4-1)73(50-22-5-2-6-23-50)67-34-15-11-30-62(67)64-45-43-53(47-71(64)73)75(52-42-44-59-57-26-8-7-24-55(57)56-25-9-10-27-58(56)66(59)46-52)51-40-38-48(39-41-51)54-32-19-33-65-63-31-14-18-37-70(63)74(72(54)65)68-35-16-12-28-60(68)61-29-13-17-36-69(61)74/h1-47H. The summed E-state index contributed by atoms with van der Waals surface area (Å²) in [5.74, 6) is 0. The molecule has 0 unspecified atom stereocenters. The second-order valence-corrected chi connectivity index (χ2v) is 20.6. The Morgan fingerprint density at radius 2 is 0.587 bits per heavy atom. The second-order valence-electron chi connectivity index (χ2n) is 20.6. The molecular weight excluding hydrogens is 903 g/mol. The van der Waals surface area contributed by atoms with Gasteiger partial charge in [-0.3, -0.25) is 0 Å². The van der Waals surface area contributed by atoms with Crippen molar-refractivity contribution < 1.29 is 0 Å². The highest BCUT2D eigenvalue weighted by Gasteiger charge is 2.53. The molecule has 0 saturated carbocycles. The van der Waals surface area contributed by atoms with Gasteiger partial charge in [0, 0.05) is 17.1 Å². The molecular formula is C74H47N. The van der Waals surface area contributed by atoms with Gasteiger partial charge in [-0.1, -0.05) is 249 Å². The van der Waals surface area contributed by atoms with Gasteiger partial charge in [0.05, 0.1) is 10.8 Å². The maximum Gasteiger partial charge on any atom is 0.0731 e. The molecule has 0 amide bonds. The molecule has 75 heavy (non-hydrogen) atoms. The zero-order valence-corrected chi connectivity index (χ0v) is 41.1. The van der Waals surface area contributed by atoms with Gasteiger partial charge in [0.15, 0.2) is 0 Å². The van der Waals surface area contributed by atoms with E-state index in [0.717, 1.165) is 17.1 Å². The summed E-state index contributed by atoms with van der Waals surface area (Å²) in [6.07, 6.45) is 0. The lowest BCUT2D eigenvalue weighted by Gasteiger charge is -2.35. The van der Waals surface area contributed by atoms with Gasteiger partial charge < -0.3 is 4.90 Å². The first-order valence-electron chi connectivity index (χ1n) is 26.2. The van der Waals surface area contributed by atoms with Gasteiger partial charge in [0.2, 0.25) is 0 Å². The second kappa shape index (κ2) is 16.0. The molecule has 0 aliphatic heterocycles. The summed E-state index contributed by atoms with van der Waals surface area (Å²) >= 11 is 0. The van der Waals surface area contributed by atoms with Crippen molar-refractivity contribution in [1.82, 2.24) is 0 Å². The quantitative estimate of drug-likeness (QED) is 0.150. The number of rotatable bonds is 6. The highest BCUT2D eigenvalue weighted by molar-refractivity contribution is 6.26. The van der Waals surface area contributed by atoms with E-state index in [1.807, 2.05) is 0 Å². The van der Waals surface area contributed by atoms with Crippen molar-refractivity contribution in [2.24, 2.45) is 0 Å². The Balaban J connectivity index is 0.932. The van der Waals surface area contributed by atoms with Crippen LogP contribution < -0.4 is 4.90 Å². The van der Waals surface area contributed by atoms with E-state index >= 15 is 0 Å². The molecule has 0 atom stereocenters. The van der Waals surface area contributed by atoms with Gasteiger partial charge in [-0.2, -0.15) is 0 Å². The minimum absolute atomic E-state index is 0.454. The van der Waals surface area contributed by atoms with Crippen LogP contribution in [0.15, 0.2) is 285 Å². The van der Waals surface area contributed by atoms with Crippen LogP contribution in [-0.2, 0) is 10.8 Å². The van der Waals surface area contributed by atoms with Crippen LogP contribution in [0.3, 0.4) is 0 Å². The van der Waals surface area contributed by atoms with E-state index in [2.05, 4.69) is 290 Å². The lowest BCUT2D eigenvalue weighted by atomic mass is 9.67. The average molecular weight is 950 g/mol. The fourth-order valence-corrected chi connectivity index (χ4v) is 14.2. The third-order valence-electron chi connectivity index (χ3n) is 17.1. The summed E-state index contributed by atoms with van der Waals surface area (Å²) in [6, 6.07) is 107. The Kier molecular flexibility index (Phi) is 8.94. The highest BCUT2D eigenvalue weighted by Crippen LogP contribution is 2.65. The zero-order chi connectivity index (χ0) is 49.2. The molecule has 3 aliphatic carbocycles. The lowest BCUT2D eigenvalue weighted by molar-refractivity contribution is 0.768. The maximum absolute atomic E-state index is 2.49.